The number of hydrogen-bond acceptors (Lipinski definition) is 5. The van der Waals surface area contributed by atoms with Gasteiger partial charge in [0, 0.05) is 6.07 Å². The first-order valence-corrected chi connectivity index (χ1v) is 7.33. The van der Waals surface area contributed by atoms with Gasteiger partial charge in [0.2, 0.25) is 0 Å². The molecule has 0 bridgehead atoms. The van der Waals surface area contributed by atoms with Crippen molar-refractivity contribution >= 4 is 17.3 Å². The largest absolute Gasteiger partial charge is 0.455 e. The monoisotopic (exact) mass is 299 g/mol. The Kier molecular flexibility index (Phi) is 3.83. The summed E-state index contributed by atoms with van der Waals surface area (Å²) in [4.78, 5) is 12.9. The van der Waals surface area contributed by atoms with Crippen LogP contribution < -0.4 is 0 Å². The van der Waals surface area contributed by atoms with Crippen LogP contribution in [-0.2, 0) is 11.3 Å². The molecular weight excluding hydrogens is 286 g/mol. The average molecular weight is 299 g/mol. The standard InChI is InChI=1S/C16H13NO3S/c1-11-4-2-5-12(8-11)16(18)19-10-13-9-14(20-17-13)15-6-3-7-21-15/h2-9H,10H2,1H3. The Balaban J connectivity index is 1.64. The normalized spacial score (nSPS) is 10.5. The lowest BCUT2D eigenvalue weighted by Crippen LogP contribution is -2.05. The van der Waals surface area contributed by atoms with E-state index in [2.05, 4.69) is 5.16 Å². The van der Waals surface area contributed by atoms with Gasteiger partial charge >= 0.3 is 5.97 Å². The minimum absolute atomic E-state index is 0.0989. The summed E-state index contributed by atoms with van der Waals surface area (Å²) in [7, 11) is 0. The van der Waals surface area contributed by atoms with Crippen molar-refractivity contribution in [2.75, 3.05) is 0 Å². The van der Waals surface area contributed by atoms with Gasteiger partial charge in [-0.2, -0.15) is 0 Å². The zero-order chi connectivity index (χ0) is 14.7. The molecule has 0 amide bonds. The van der Waals surface area contributed by atoms with Gasteiger partial charge in [-0.3, -0.25) is 0 Å². The second-order valence-electron chi connectivity index (χ2n) is 4.61. The number of hydrogen-bond donors (Lipinski definition) is 0. The predicted molar refractivity (Wildman–Crippen MR) is 80.1 cm³/mol. The number of aromatic nitrogens is 1. The quantitative estimate of drug-likeness (QED) is 0.681. The van der Waals surface area contributed by atoms with Crippen molar-refractivity contribution in [3.8, 4) is 10.6 Å². The molecule has 4 nitrogen and oxygen atoms in total. The molecule has 0 saturated heterocycles. The highest BCUT2D eigenvalue weighted by Gasteiger charge is 2.11. The Morgan fingerprint density at radius 3 is 2.95 bits per heavy atom. The minimum Gasteiger partial charge on any atom is -0.455 e. The fourth-order valence-corrected chi connectivity index (χ4v) is 2.58. The smallest absolute Gasteiger partial charge is 0.338 e. The maximum absolute atomic E-state index is 11.9. The van der Waals surface area contributed by atoms with Crippen LogP contribution in [0.5, 0.6) is 0 Å². The summed E-state index contributed by atoms with van der Waals surface area (Å²) in [6.07, 6.45) is 0. The van der Waals surface area contributed by atoms with Gasteiger partial charge in [-0.1, -0.05) is 28.9 Å². The van der Waals surface area contributed by atoms with Crippen LogP contribution >= 0.6 is 11.3 Å². The summed E-state index contributed by atoms with van der Waals surface area (Å²) in [5.41, 5.74) is 2.15. The summed E-state index contributed by atoms with van der Waals surface area (Å²) in [6, 6.07) is 13.0. The second kappa shape index (κ2) is 5.93. The number of rotatable bonds is 4. The number of ether oxygens (including phenoxy) is 1. The zero-order valence-corrected chi connectivity index (χ0v) is 12.2. The average Bonchev–Trinajstić information content (AvgIpc) is 3.15. The molecule has 0 aliphatic rings. The van der Waals surface area contributed by atoms with Crippen LogP contribution in [0.25, 0.3) is 10.6 Å². The molecule has 3 rings (SSSR count). The van der Waals surface area contributed by atoms with Gasteiger partial charge in [-0.25, -0.2) is 4.79 Å². The van der Waals surface area contributed by atoms with Gasteiger partial charge in [0.25, 0.3) is 0 Å². The van der Waals surface area contributed by atoms with E-state index in [-0.39, 0.29) is 12.6 Å². The molecule has 2 heterocycles. The molecule has 0 unspecified atom stereocenters. The van der Waals surface area contributed by atoms with Crippen molar-refractivity contribution in [2.24, 2.45) is 0 Å². The number of carbonyl (C=O) groups is 1. The van der Waals surface area contributed by atoms with E-state index >= 15 is 0 Å². The Morgan fingerprint density at radius 2 is 2.19 bits per heavy atom. The summed E-state index contributed by atoms with van der Waals surface area (Å²) in [6.45, 7) is 2.03. The third-order valence-corrected chi connectivity index (χ3v) is 3.81. The van der Waals surface area contributed by atoms with E-state index in [1.54, 1.807) is 29.5 Å². The molecule has 0 atom stereocenters. The Labute approximate surface area is 126 Å². The molecule has 3 aromatic rings. The highest BCUT2D eigenvalue weighted by molar-refractivity contribution is 7.13. The van der Waals surface area contributed by atoms with E-state index < -0.39 is 0 Å². The fraction of sp³-hybridized carbons (Fsp3) is 0.125. The molecule has 0 spiro atoms. The molecule has 0 saturated carbocycles. The fourth-order valence-electron chi connectivity index (χ4n) is 1.91. The molecule has 0 N–H and O–H groups in total. The van der Waals surface area contributed by atoms with E-state index in [1.807, 2.05) is 36.6 Å². The number of carbonyl (C=O) groups excluding carboxylic acids is 1. The highest BCUT2D eigenvalue weighted by Crippen LogP contribution is 2.25. The molecule has 2 aromatic heterocycles. The third-order valence-electron chi connectivity index (χ3n) is 2.93. The van der Waals surface area contributed by atoms with E-state index in [1.165, 1.54) is 0 Å². The van der Waals surface area contributed by atoms with E-state index in [0.29, 0.717) is 17.0 Å². The van der Waals surface area contributed by atoms with Crippen LogP contribution in [-0.4, -0.2) is 11.1 Å². The van der Waals surface area contributed by atoms with Crippen molar-refractivity contribution in [3.05, 3.63) is 64.7 Å². The zero-order valence-electron chi connectivity index (χ0n) is 11.4. The number of benzene rings is 1. The van der Waals surface area contributed by atoms with Gasteiger partial charge in [-0.05, 0) is 30.5 Å². The van der Waals surface area contributed by atoms with Crippen molar-refractivity contribution in [1.29, 1.82) is 0 Å². The molecule has 106 valence electrons. The summed E-state index contributed by atoms with van der Waals surface area (Å²) >= 11 is 1.57. The highest BCUT2D eigenvalue weighted by atomic mass is 32.1. The van der Waals surface area contributed by atoms with E-state index in [4.69, 9.17) is 9.26 Å². The van der Waals surface area contributed by atoms with Crippen LogP contribution in [0.3, 0.4) is 0 Å². The number of thiophene rings is 1. The van der Waals surface area contributed by atoms with Crippen LogP contribution in [0.15, 0.2) is 52.4 Å². The van der Waals surface area contributed by atoms with Crippen LogP contribution in [0.4, 0.5) is 0 Å². The van der Waals surface area contributed by atoms with Crippen molar-refractivity contribution in [3.63, 3.8) is 0 Å². The first-order valence-electron chi connectivity index (χ1n) is 6.45. The van der Waals surface area contributed by atoms with Gasteiger partial charge in [-0.15, -0.1) is 11.3 Å². The topological polar surface area (TPSA) is 52.3 Å². The van der Waals surface area contributed by atoms with Gasteiger partial charge in [0.15, 0.2) is 5.76 Å². The lowest BCUT2D eigenvalue weighted by Gasteiger charge is -2.02. The van der Waals surface area contributed by atoms with E-state index in [0.717, 1.165) is 10.4 Å². The Bertz CT molecular complexity index is 746. The Hall–Kier alpha value is -2.40. The van der Waals surface area contributed by atoms with E-state index in [9.17, 15) is 4.79 Å². The number of esters is 1. The van der Waals surface area contributed by atoms with Crippen LogP contribution in [0, 0.1) is 6.92 Å². The molecule has 0 fully saturated rings. The third kappa shape index (κ3) is 3.20. The lowest BCUT2D eigenvalue weighted by molar-refractivity contribution is 0.0464. The summed E-state index contributed by atoms with van der Waals surface area (Å²) in [5, 5.41) is 5.88. The SMILES string of the molecule is Cc1cccc(C(=O)OCc2cc(-c3cccs3)on2)c1. The van der Waals surface area contributed by atoms with Crippen LogP contribution in [0.1, 0.15) is 21.6 Å². The van der Waals surface area contributed by atoms with Gasteiger partial charge in [0.1, 0.15) is 12.3 Å². The Morgan fingerprint density at radius 1 is 1.29 bits per heavy atom. The molecule has 0 aliphatic carbocycles. The maximum atomic E-state index is 11.9. The predicted octanol–water partition coefficient (Wildman–Crippen LogP) is 4.07. The van der Waals surface area contributed by atoms with Gasteiger partial charge < -0.3 is 9.26 Å². The molecule has 1 aromatic carbocycles. The minimum atomic E-state index is -0.362. The molecular formula is C16H13NO3S. The van der Waals surface area contributed by atoms with Crippen LogP contribution in [0.2, 0.25) is 0 Å². The van der Waals surface area contributed by atoms with Gasteiger partial charge in [0.05, 0.1) is 10.4 Å². The van der Waals surface area contributed by atoms with Crippen molar-refractivity contribution < 1.29 is 14.1 Å². The molecule has 21 heavy (non-hydrogen) atoms. The summed E-state index contributed by atoms with van der Waals surface area (Å²) < 4.78 is 10.5. The summed E-state index contributed by atoms with van der Waals surface area (Å²) in [5.74, 6) is 0.325. The van der Waals surface area contributed by atoms with Crippen molar-refractivity contribution in [2.45, 2.75) is 13.5 Å². The lowest BCUT2D eigenvalue weighted by atomic mass is 10.1. The second-order valence-corrected chi connectivity index (χ2v) is 5.55. The maximum Gasteiger partial charge on any atom is 0.338 e. The molecule has 0 aliphatic heterocycles. The molecule has 5 heteroatoms. The van der Waals surface area contributed by atoms with Crippen molar-refractivity contribution in [1.82, 2.24) is 5.16 Å². The number of aryl methyl sites for hydroxylation is 1. The number of nitrogens with zero attached hydrogens (tertiary/aromatic N) is 1. The first kappa shape index (κ1) is 13.6. The first-order chi connectivity index (χ1) is 10.2. The molecule has 0 radical (unpaired) electrons.